The topological polar surface area (TPSA) is 116 Å². The van der Waals surface area contributed by atoms with Gasteiger partial charge >= 0.3 is 12.1 Å². The Morgan fingerprint density at radius 3 is 2.29 bits per heavy atom. The van der Waals surface area contributed by atoms with Gasteiger partial charge in [0.25, 0.3) is 0 Å². The van der Waals surface area contributed by atoms with Crippen molar-refractivity contribution in [1.82, 2.24) is 9.97 Å². The number of hydrogen-bond donors (Lipinski definition) is 0. The molecule has 1 aromatic carbocycles. The number of carbonyl (C=O) groups is 2. The van der Waals surface area contributed by atoms with Crippen molar-refractivity contribution in [2.24, 2.45) is 0 Å². The molecule has 0 aliphatic heterocycles. The summed E-state index contributed by atoms with van der Waals surface area (Å²) >= 11 is 0. The molecule has 0 bridgehead atoms. The fraction of sp³-hybridized carbons (Fsp3) is 0.300. The monoisotopic (exact) mass is 451 g/mol. The van der Waals surface area contributed by atoms with Gasteiger partial charge < -0.3 is 9.47 Å². The molecule has 166 valence electrons. The maximum atomic E-state index is 13.4. The van der Waals surface area contributed by atoms with Crippen LogP contribution in [-0.4, -0.2) is 50.9 Å². The molecule has 0 fully saturated rings. The van der Waals surface area contributed by atoms with Crippen molar-refractivity contribution >= 4 is 34.2 Å². The number of methoxy groups -OCH3 is 1. The molecule has 0 saturated heterocycles. The van der Waals surface area contributed by atoms with Crippen molar-refractivity contribution in [2.45, 2.75) is 19.8 Å². The number of ether oxygens (including phenoxy) is 2. The predicted octanol–water partition coefficient (Wildman–Crippen LogP) is 3.12. The van der Waals surface area contributed by atoms with E-state index in [2.05, 4.69) is 19.4 Å². The second kappa shape index (κ2) is 9.65. The minimum absolute atomic E-state index is 0.0835. The highest BCUT2D eigenvalue weighted by molar-refractivity contribution is 7.92. The summed E-state index contributed by atoms with van der Waals surface area (Å²) < 4.78 is 47.1. The summed E-state index contributed by atoms with van der Waals surface area (Å²) in [4.78, 5) is 31.7. The highest BCUT2D eigenvalue weighted by Gasteiger charge is 2.22. The summed E-state index contributed by atoms with van der Waals surface area (Å²) in [6, 6.07) is 5.39. The fourth-order valence-corrected chi connectivity index (χ4v) is 2.88. The number of esters is 1. The van der Waals surface area contributed by atoms with Gasteiger partial charge in [0.15, 0.2) is 0 Å². The quantitative estimate of drug-likeness (QED) is 0.374. The second-order valence-corrected chi connectivity index (χ2v) is 8.79. The molecule has 11 heteroatoms. The maximum absolute atomic E-state index is 13.4. The lowest BCUT2D eigenvalue weighted by molar-refractivity contribution is -0.133. The smallest absolute Gasteiger partial charge is 0.437 e. The molecule has 0 saturated carbocycles. The molecule has 1 heterocycles. The first-order valence-electron chi connectivity index (χ1n) is 9.03. The molecule has 2 rings (SSSR count). The molecule has 0 aliphatic carbocycles. The van der Waals surface area contributed by atoms with Gasteiger partial charge in [-0.2, -0.15) is 0 Å². The highest BCUT2D eigenvalue weighted by atomic mass is 32.2. The van der Waals surface area contributed by atoms with Gasteiger partial charge in [0.05, 0.1) is 24.8 Å². The van der Waals surface area contributed by atoms with Crippen molar-refractivity contribution in [3.8, 4) is 11.3 Å². The Bertz CT molecular complexity index is 1110. The summed E-state index contributed by atoms with van der Waals surface area (Å²) in [7, 11) is -1.28. The summed E-state index contributed by atoms with van der Waals surface area (Å²) in [5, 5.41) is 0. The van der Waals surface area contributed by atoms with Gasteiger partial charge in [-0.3, -0.25) is 0 Å². The summed E-state index contributed by atoms with van der Waals surface area (Å²) in [6.07, 6.45) is 2.19. The van der Waals surface area contributed by atoms with Crippen LogP contribution in [0.1, 0.15) is 31.0 Å². The molecule has 31 heavy (non-hydrogen) atoms. The minimum atomic E-state index is -3.65. The SMILES string of the molecule is COC(=O)OC(=O)C=Cc1c(-c2ccc(F)cc2)nc(N(C)S(C)(=O)=O)nc1C(C)C. The Hall–Kier alpha value is -3.34. The van der Waals surface area contributed by atoms with E-state index in [1.807, 2.05) is 13.8 Å². The van der Waals surface area contributed by atoms with Crippen LogP contribution >= 0.6 is 0 Å². The number of carbonyl (C=O) groups excluding carboxylic acids is 2. The van der Waals surface area contributed by atoms with E-state index in [0.29, 0.717) is 16.8 Å². The van der Waals surface area contributed by atoms with E-state index in [0.717, 1.165) is 23.7 Å². The zero-order valence-corrected chi connectivity index (χ0v) is 18.4. The van der Waals surface area contributed by atoms with Crippen LogP contribution in [0, 0.1) is 5.82 Å². The van der Waals surface area contributed by atoms with Crippen LogP contribution in [0.25, 0.3) is 17.3 Å². The number of benzene rings is 1. The third-order valence-corrected chi connectivity index (χ3v) is 5.30. The molecule has 0 N–H and O–H groups in total. The Kier molecular flexibility index (Phi) is 7.45. The number of nitrogens with zero attached hydrogens (tertiary/aromatic N) is 3. The number of sulfonamides is 1. The average molecular weight is 451 g/mol. The minimum Gasteiger partial charge on any atom is -0.437 e. The van der Waals surface area contributed by atoms with Crippen molar-refractivity contribution in [3.05, 3.63) is 47.4 Å². The van der Waals surface area contributed by atoms with Gasteiger partial charge in [0, 0.05) is 24.3 Å². The molecule has 0 radical (unpaired) electrons. The first-order chi connectivity index (χ1) is 14.4. The summed E-state index contributed by atoms with van der Waals surface area (Å²) in [6.45, 7) is 3.65. The maximum Gasteiger partial charge on any atom is 0.516 e. The molecule has 0 atom stereocenters. The van der Waals surface area contributed by atoms with Gasteiger partial charge in [0.2, 0.25) is 16.0 Å². The molecule has 0 amide bonds. The van der Waals surface area contributed by atoms with E-state index in [4.69, 9.17) is 0 Å². The number of hydrogen-bond acceptors (Lipinski definition) is 8. The molecule has 0 spiro atoms. The molecular formula is C20H22FN3O6S. The summed E-state index contributed by atoms with van der Waals surface area (Å²) in [5.74, 6) is -1.73. The van der Waals surface area contributed by atoms with Crippen LogP contribution in [0.5, 0.6) is 0 Å². The predicted molar refractivity (Wildman–Crippen MR) is 112 cm³/mol. The molecule has 9 nitrogen and oxygen atoms in total. The number of aromatic nitrogens is 2. The van der Waals surface area contributed by atoms with Crippen LogP contribution in [0.15, 0.2) is 30.3 Å². The number of anilines is 1. The molecular weight excluding hydrogens is 429 g/mol. The highest BCUT2D eigenvalue weighted by Crippen LogP contribution is 2.31. The van der Waals surface area contributed by atoms with Crippen molar-refractivity contribution < 1.29 is 31.9 Å². The molecule has 0 aliphatic rings. The molecule has 2 aromatic rings. The molecule has 1 aromatic heterocycles. The average Bonchev–Trinajstić information content (AvgIpc) is 2.70. The first kappa shape index (κ1) is 23.9. The van der Waals surface area contributed by atoms with Crippen LogP contribution in [-0.2, 0) is 24.3 Å². The fourth-order valence-electron chi connectivity index (χ4n) is 2.51. The van der Waals surface area contributed by atoms with E-state index < -0.39 is 28.0 Å². The Morgan fingerprint density at radius 2 is 1.77 bits per heavy atom. The lowest BCUT2D eigenvalue weighted by Crippen LogP contribution is -2.27. The zero-order chi connectivity index (χ0) is 23.3. The first-order valence-corrected chi connectivity index (χ1v) is 10.9. The van der Waals surface area contributed by atoms with Crippen LogP contribution < -0.4 is 4.31 Å². The third kappa shape index (κ3) is 6.07. The Labute approximate surface area is 179 Å². The van der Waals surface area contributed by atoms with Crippen LogP contribution in [0.2, 0.25) is 0 Å². The standard InChI is InChI=1S/C20H22FN3O6S/c1-12(2)17-15(10-11-16(25)30-20(26)29-4)18(13-6-8-14(21)9-7-13)23-19(22-17)24(3)31(5,27)28/h6-12H,1-5H3. The lowest BCUT2D eigenvalue weighted by atomic mass is 9.98. The van der Waals surface area contributed by atoms with Crippen LogP contribution in [0.4, 0.5) is 15.1 Å². The third-order valence-electron chi connectivity index (χ3n) is 4.14. The lowest BCUT2D eigenvalue weighted by Gasteiger charge is -2.20. The number of halogens is 1. The van der Waals surface area contributed by atoms with Gasteiger partial charge in [0.1, 0.15) is 5.82 Å². The van der Waals surface area contributed by atoms with Crippen LogP contribution in [0.3, 0.4) is 0 Å². The number of rotatable bonds is 6. The van der Waals surface area contributed by atoms with E-state index in [-0.39, 0.29) is 17.6 Å². The Balaban J connectivity index is 2.72. The zero-order valence-electron chi connectivity index (χ0n) is 17.6. The van der Waals surface area contributed by atoms with E-state index in [1.165, 1.54) is 37.4 Å². The van der Waals surface area contributed by atoms with Crippen molar-refractivity contribution in [1.29, 1.82) is 0 Å². The van der Waals surface area contributed by atoms with Gasteiger partial charge in [-0.25, -0.2) is 36.7 Å². The van der Waals surface area contributed by atoms with Gasteiger partial charge in [-0.05, 0) is 36.3 Å². The molecule has 0 unspecified atom stereocenters. The summed E-state index contributed by atoms with van der Waals surface area (Å²) in [5.41, 5.74) is 1.55. The van der Waals surface area contributed by atoms with Gasteiger partial charge in [-0.15, -0.1) is 0 Å². The normalized spacial score (nSPS) is 11.6. The van der Waals surface area contributed by atoms with E-state index >= 15 is 0 Å². The Morgan fingerprint density at radius 1 is 1.16 bits per heavy atom. The largest absolute Gasteiger partial charge is 0.516 e. The van der Waals surface area contributed by atoms with E-state index in [9.17, 15) is 22.4 Å². The van der Waals surface area contributed by atoms with E-state index in [1.54, 1.807) is 0 Å². The van der Waals surface area contributed by atoms with Crippen molar-refractivity contribution in [3.63, 3.8) is 0 Å². The van der Waals surface area contributed by atoms with Crippen molar-refractivity contribution in [2.75, 3.05) is 24.7 Å². The second-order valence-electron chi connectivity index (χ2n) is 6.77. The van der Waals surface area contributed by atoms with Gasteiger partial charge in [-0.1, -0.05) is 13.8 Å².